The first kappa shape index (κ1) is 32.3. The van der Waals surface area contributed by atoms with E-state index in [1.54, 1.807) is 17.0 Å². The van der Waals surface area contributed by atoms with Gasteiger partial charge in [0.25, 0.3) is 0 Å². The van der Waals surface area contributed by atoms with Gasteiger partial charge in [0.2, 0.25) is 21.8 Å². The first-order chi connectivity index (χ1) is 20.5. The van der Waals surface area contributed by atoms with E-state index in [9.17, 15) is 18.0 Å². The summed E-state index contributed by atoms with van der Waals surface area (Å²) in [5.74, 6) is -0.583. The Kier molecular flexibility index (Phi) is 11.0. The molecule has 4 rings (SSSR count). The number of rotatable bonds is 12. The van der Waals surface area contributed by atoms with E-state index >= 15 is 0 Å². The van der Waals surface area contributed by atoms with E-state index in [1.165, 1.54) is 4.31 Å². The van der Waals surface area contributed by atoms with Gasteiger partial charge in [-0.3, -0.25) is 13.9 Å². The zero-order chi connectivity index (χ0) is 31.0. The minimum Gasteiger partial charge on any atom is -0.352 e. The van der Waals surface area contributed by atoms with Crippen LogP contribution in [0.3, 0.4) is 0 Å². The standard InChI is InChI=1S/C35H45N3O4S/c1-26(2)31-17-11-12-18-32(31)38(43(4,41)42)25-34(39)37(24-29-21-19-27(3)20-22-29)33(23-28-13-7-5-8-14-28)35(40)36-30-15-9-6-10-16-30/h5,7-8,11-14,17-22,26,30,33H,6,9-10,15-16,23-25H2,1-4H3,(H,36,40)/t33-/m0/s1. The molecule has 3 aromatic rings. The largest absolute Gasteiger partial charge is 0.352 e. The number of carbonyl (C=O) groups excluding carboxylic acids is 2. The van der Waals surface area contributed by atoms with Crippen LogP contribution >= 0.6 is 0 Å². The number of nitrogens with zero attached hydrogens (tertiary/aromatic N) is 2. The van der Waals surface area contributed by atoms with Crippen molar-refractivity contribution in [3.8, 4) is 0 Å². The third-order valence-electron chi connectivity index (χ3n) is 8.20. The summed E-state index contributed by atoms with van der Waals surface area (Å²) >= 11 is 0. The molecule has 0 unspecified atom stereocenters. The van der Waals surface area contributed by atoms with Gasteiger partial charge in [-0.25, -0.2) is 8.42 Å². The molecule has 3 aromatic carbocycles. The normalized spacial score (nSPS) is 14.7. The Balaban J connectivity index is 1.74. The van der Waals surface area contributed by atoms with Crippen molar-refractivity contribution in [2.45, 2.75) is 83.8 Å². The van der Waals surface area contributed by atoms with Crippen molar-refractivity contribution >= 4 is 27.5 Å². The van der Waals surface area contributed by atoms with Crippen molar-refractivity contribution in [1.29, 1.82) is 0 Å². The summed E-state index contributed by atoms with van der Waals surface area (Å²) in [6.45, 7) is 5.76. The highest BCUT2D eigenvalue weighted by atomic mass is 32.2. The average Bonchev–Trinajstić information content (AvgIpc) is 2.99. The maximum atomic E-state index is 14.4. The lowest BCUT2D eigenvalue weighted by Gasteiger charge is -2.35. The molecule has 1 saturated carbocycles. The van der Waals surface area contributed by atoms with E-state index in [0.29, 0.717) is 12.1 Å². The number of amides is 2. The predicted octanol–water partition coefficient (Wildman–Crippen LogP) is 5.97. The van der Waals surface area contributed by atoms with Gasteiger partial charge in [-0.2, -0.15) is 0 Å². The second-order valence-electron chi connectivity index (χ2n) is 12.0. The molecule has 43 heavy (non-hydrogen) atoms. The maximum Gasteiger partial charge on any atom is 0.244 e. The van der Waals surface area contributed by atoms with E-state index in [0.717, 1.165) is 60.6 Å². The Morgan fingerprint density at radius 2 is 1.49 bits per heavy atom. The fourth-order valence-electron chi connectivity index (χ4n) is 5.79. The summed E-state index contributed by atoms with van der Waals surface area (Å²) in [5, 5.41) is 3.24. The zero-order valence-corrected chi connectivity index (χ0v) is 26.6. The van der Waals surface area contributed by atoms with Crippen LogP contribution in [0.2, 0.25) is 0 Å². The number of benzene rings is 3. The van der Waals surface area contributed by atoms with Crippen LogP contribution in [-0.2, 0) is 32.6 Å². The van der Waals surface area contributed by atoms with Crippen molar-refractivity contribution in [2.75, 3.05) is 17.1 Å². The van der Waals surface area contributed by atoms with Crippen molar-refractivity contribution < 1.29 is 18.0 Å². The molecule has 0 saturated heterocycles. The molecule has 0 heterocycles. The Hall–Kier alpha value is -3.65. The van der Waals surface area contributed by atoms with Gasteiger partial charge in [-0.15, -0.1) is 0 Å². The van der Waals surface area contributed by atoms with Crippen molar-refractivity contribution in [3.05, 3.63) is 101 Å². The monoisotopic (exact) mass is 603 g/mol. The van der Waals surface area contributed by atoms with E-state index in [-0.39, 0.29) is 24.4 Å². The number of hydrogen-bond acceptors (Lipinski definition) is 4. The first-order valence-corrected chi connectivity index (χ1v) is 17.1. The molecule has 1 aliphatic carbocycles. The van der Waals surface area contributed by atoms with Crippen molar-refractivity contribution in [1.82, 2.24) is 10.2 Å². The summed E-state index contributed by atoms with van der Waals surface area (Å²) in [7, 11) is -3.82. The van der Waals surface area contributed by atoms with E-state index < -0.39 is 28.5 Å². The van der Waals surface area contributed by atoms with Crippen LogP contribution in [0.15, 0.2) is 78.9 Å². The number of nitrogens with one attached hydrogen (secondary N) is 1. The molecular formula is C35H45N3O4S. The van der Waals surface area contributed by atoms with Gasteiger partial charge in [0, 0.05) is 19.0 Å². The zero-order valence-electron chi connectivity index (χ0n) is 25.8. The van der Waals surface area contributed by atoms with Crippen LogP contribution in [0.1, 0.15) is 74.1 Å². The lowest BCUT2D eigenvalue weighted by molar-refractivity contribution is -0.140. The van der Waals surface area contributed by atoms with Crippen LogP contribution in [0.25, 0.3) is 0 Å². The van der Waals surface area contributed by atoms with E-state index in [1.807, 2.05) is 87.5 Å². The third-order valence-corrected chi connectivity index (χ3v) is 9.33. The van der Waals surface area contributed by atoms with Gasteiger partial charge >= 0.3 is 0 Å². The highest BCUT2D eigenvalue weighted by Crippen LogP contribution is 2.29. The SMILES string of the molecule is Cc1ccc(CN(C(=O)CN(c2ccccc2C(C)C)S(C)(=O)=O)[C@@H](Cc2ccccc2)C(=O)NC2CCCCC2)cc1. The summed E-state index contributed by atoms with van der Waals surface area (Å²) in [5.41, 5.74) is 4.21. The molecule has 0 radical (unpaired) electrons. The molecule has 0 aromatic heterocycles. The molecule has 1 N–H and O–H groups in total. The number of para-hydroxylation sites is 1. The molecule has 230 valence electrons. The Bertz CT molecular complexity index is 1470. The van der Waals surface area contributed by atoms with E-state index in [2.05, 4.69) is 5.32 Å². The second kappa shape index (κ2) is 14.7. The molecule has 0 aliphatic heterocycles. The topological polar surface area (TPSA) is 86.8 Å². The molecule has 1 atom stereocenters. The summed E-state index contributed by atoms with van der Waals surface area (Å²) in [6.07, 6.45) is 6.58. The molecule has 0 spiro atoms. The number of hydrogen-bond donors (Lipinski definition) is 1. The fourth-order valence-corrected chi connectivity index (χ4v) is 6.65. The second-order valence-corrected chi connectivity index (χ2v) is 13.9. The molecule has 1 aliphatic rings. The van der Waals surface area contributed by atoms with Crippen molar-refractivity contribution in [3.63, 3.8) is 0 Å². The highest BCUT2D eigenvalue weighted by molar-refractivity contribution is 7.92. The Morgan fingerprint density at radius 1 is 0.860 bits per heavy atom. The van der Waals surface area contributed by atoms with Gasteiger partial charge in [0.1, 0.15) is 12.6 Å². The van der Waals surface area contributed by atoms with Crippen LogP contribution in [0.5, 0.6) is 0 Å². The summed E-state index contributed by atoms with van der Waals surface area (Å²) in [4.78, 5) is 30.0. The molecule has 7 nitrogen and oxygen atoms in total. The predicted molar refractivity (Wildman–Crippen MR) is 173 cm³/mol. The van der Waals surface area contributed by atoms with Crippen LogP contribution < -0.4 is 9.62 Å². The lowest BCUT2D eigenvalue weighted by Crippen LogP contribution is -2.55. The van der Waals surface area contributed by atoms with Crippen molar-refractivity contribution in [2.24, 2.45) is 0 Å². The molecule has 8 heteroatoms. The third kappa shape index (κ3) is 8.92. The number of aryl methyl sites for hydroxylation is 1. The fraction of sp³-hybridized carbons (Fsp3) is 0.429. The van der Waals surface area contributed by atoms with Gasteiger partial charge in [-0.05, 0) is 48.4 Å². The van der Waals surface area contributed by atoms with Crippen LogP contribution in [-0.4, -0.2) is 50.0 Å². The first-order valence-electron chi connectivity index (χ1n) is 15.3. The Morgan fingerprint density at radius 3 is 2.12 bits per heavy atom. The van der Waals surface area contributed by atoms with Gasteiger partial charge in [-0.1, -0.05) is 111 Å². The smallest absolute Gasteiger partial charge is 0.244 e. The number of anilines is 1. The van der Waals surface area contributed by atoms with Gasteiger partial charge in [0.15, 0.2) is 0 Å². The number of sulfonamides is 1. The van der Waals surface area contributed by atoms with Gasteiger partial charge in [0.05, 0.1) is 11.9 Å². The quantitative estimate of drug-likeness (QED) is 0.276. The Labute approximate surface area is 257 Å². The van der Waals surface area contributed by atoms with Crippen LogP contribution in [0, 0.1) is 6.92 Å². The summed E-state index contributed by atoms with van der Waals surface area (Å²) < 4.78 is 27.6. The molecular weight excluding hydrogens is 558 g/mol. The lowest BCUT2D eigenvalue weighted by atomic mass is 9.94. The summed E-state index contributed by atoms with van der Waals surface area (Å²) in [6, 6.07) is 24.1. The van der Waals surface area contributed by atoms with E-state index in [4.69, 9.17) is 0 Å². The number of carbonyl (C=O) groups is 2. The molecule has 2 amide bonds. The molecule has 0 bridgehead atoms. The van der Waals surface area contributed by atoms with Crippen LogP contribution in [0.4, 0.5) is 5.69 Å². The minimum absolute atomic E-state index is 0.0475. The van der Waals surface area contributed by atoms with Gasteiger partial charge < -0.3 is 10.2 Å². The maximum absolute atomic E-state index is 14.4. The molecule has 1 fully saturated rings. The minimum atomic E-state index is -3.82. The highest BCUT2D eigenvalue weighted by Gasteiger charge is 2.34. The average molecular weight is 604 g/mol.